The topological polar surface area (TPSA) is 74.2 Å². The summed E-state index contributed by atoms with van der Waals surface area (Å²) in [5, 5.41) is 18.3. The third kappa shape index (κ3) is 6.22. The van der Waals surface area contributed by atoms with Crippen molar-refractivity contribution >= 4 is 47.3 Å². The van der Waals surface area contributed by atoms with Crippen molar-refractivity contribution in [2.75, 3.05) is 5.32 Å². The zero-order chi connectivity index (χ0) is 27.4. The van der Waals surface area contributed by atoms with Gasteiger partial charge in [0.15, 0.2) is 5.82 Å². The van der Waals surface area contributed by atoms with Crippen LogP contribution in [0.5, 0.6) is 5.75 Å². The third-order valence-electron chi connectivity index (χ3n) is 5.90. The van der Waals surface area contributed by atoms with Gasteiger partial charge in [-0.2, -0.15) is 14.9 Å². The molecule has 1 N–H and O–H groups in total. The highest BCUT2D eigenvalue weighted by Gasteiger charge is 2.15. The van der Waals surface area contributed by atoms with Crippen molar-refractivity contribution in [1.82, 2.24) is 24.2 Å². The van der Waals surface area contributed by atoms with Crippen LogP contribution in [0.25, 0.3) is 5.69 Å². The van der Waals surface area contributed by atoms with Crippen LogP contribution in [0.2, 0.25) is 10.2 Å². The number of halogens is 2. The maximum Gasteiger partial charge on any atom is 0.220 e. The number of hydrogen-bond acceptors (Lipinski definition) is 6. The first kappa shape index (κ1) is 26.7. The molecular formula is C28H25Cl2N7OS. The fraction of sp³-hybridized carbons (Fsp3) is 0.143. The van der Waals surface area contributed by atoms with E-state index in [1.807, 2.05) is 92.7 Å². The highest BCUT2D eigenvalue weighted by Crippen LogP contribution is 2.22. The third-order valence-corrected chi connectivity index (χ3v) is 6.90. The highest BCUT2D eigenvalue weighted by atomic mass is 35.5. The molecule has 2 aromatic heterocycles. The van der Waals surface area contributed by atoms with Gasteiger partial charge < -0.3 is 10.1 Å². The second-order valence-electron chi connectivity index (χ2n) is 8.74. The van der Waals surface area contributed by atoms with E-state index in [2.05, 4.69) is 20.6 Å². The summed E-state index contributed by atoms with van der Waals surface area (Å²) in [7, 11) is 0. The average Bonchev–Trinajstić information content (AvgIpc) is 3.41. The van der Waals surface area contributed by atoms with E-state index in [0.29, 0.717) is 33.0 Å². The zero-order valence-electron chi connectivity index (χ0n) is 21.3. The summed E-state index contributed by atoms with van der Waals surface area (Å²) in [5.74, 6) is 1.25. The molecule has 0 aliphatic rings. The summed E-state index contributed by atoms with van der Waals surface area (Å²) in [4.78, 5) is 0. The number of benzene rings is 3. The number of nitrogens with one attached hydrogen (secondary N) is 1. The molecule has 0 unspecified atom stereocenters. The molecule has 0 radical (unpaired) electrons. The highest BCUT2D eigenvalue weighted by molar-refractivity contribution is 7.71. The van der Waals surface area contributed by atoms with Crippen LogP contribution < -0.4 is 10.1 Å². The van der Waals surface area contributed by atoms with E-state index in [1.54, 1.807) is 20.3 Å². The molecule has 0 amide bonds. The molecular weight excluding hydrogens is 553 g/mol. The molecule has 5 rings (SSSR count). The van der Waals surface area contributed by atoms with E-state index < -0.39 is 0 Å². The first-order valence-electron chi connectivity index (χ1n) is 12.1. The molecule has 198 valence electrons. The zero-order valence-corrected chi connectivity index (χ0v) is 23.6. The Morgan fingerprint density at radius 1 is 0.949 bits per heavy atom. The van der Waals surface area contributed by atoms with Crippen LogP contribution in [-0.4, -0.2) is 30.5 Å². The van der Waals surface area contributed by atoms with Crippen LogP contribution in [-0.2, 0) is 13.3 Å². The Hall–Kier alpha value is -3.92. The average molecular weight is 579 g/mol. The summed E-state index contributed by atoms with van der Waals surface area (Å²) < 4.78 is 11.3. The molecule has 5 aromatic rings. The second-order valence-corrected chi connectivity index (χ2v) is 9.90. The van der Waals surface area contributed by atoms with Crippen LogP contribution in [0.15, 0.2) is 84.0 Å². The first-order chi connectivity index (χ1) is 18.9. The minimum absolute atomic E-state index is 0.161. The molecule has 0 spiro atoms. The maximum absolute atomic E-state index is 6.71. The fourth-order valence-corrected chi connectivity index (χ4v) is 4.49. The van der Waals surface area contributed by atoms with E-state index >= 15 is 0 Å². The Balaban J connectivity index is 1.44. The minimum Gasteiger partial charge on any atom is -0.486 e. The first-order valence-corrected chi connectivity index (χ1v) is 13.3. The van der Waals surface area contributed by atoms with Crippen LogP contribution >= 0.6 is 35.4 Å². The van der Waals surface area contributed by atoms with E-state index in [4.69, 9.17) is 40.2 Å². The lowest BCUT2D eigenvalue weighted by molar-refractivity contribution is 0.290. The molecule has 0 aliphatic carbocycles. The minimum atomic E-state index is 0.161. The molecule has 39 heavy (non-hydrogen) atoms. The number of ether oxygens (including phenoxy) is 1. The van der Waals surface area contributed by atoms with Crippen molar-refractivity contribution in [1.29, 1.82) is 0 Å². The molecule has 0 saturated heterocycles. The predicted molar refractivity (Wildman–Crippen MR) is 158 cm³/mol. The van der Waals surface area contributed by atoms with Crippen LogP contribution in [0.4, 0.5) is 5.69 Å². The van der Waals surface area contributed by atoms with Gasteiger partial charge in [-0.15, -0.1) is 5.10 Å². The summed E-state index contributed by atoms with van der Waals surface area (Å²) >= 11 is 18.5. The number of nitrogens with zero attached hydrogens (tertiary/aromatic N) is 6. The summed E-state index contributed by atoms with van der Waals surface area (Å²) in [6.45, 7) is 4.39. The normalized spacial score (nSPS) is 11.3. The number of hydrogen-bond donors (Lipinski definition) is 1. The van der Waals surface area contributed by atoms with Gasteiger partial charge in [0.1, 0.15) is 24.2 Å². The van der Waals surface area contributed by atoms with Crippen molar-refractivity contribution < 1.29 is 4.74 Å². The van der Waals surface area contributed by atoms with Gasteiger partial charge in [-0.25, -0.2) is 9.36 Å². The quantitative estimate of drug-likeness (QED) is 0.150. The molecule has 0 aliphatic heterocycles. The number of rotatable bonds is 9. The molecule has 11 heteroatoms. The van der Waals surface area contributed by atoms with Gasteiger partial charge in [0.2, 0.25) is 4.77 Å². The van der Waals surface area contributed by atoms with Crippen molar-refractivity contribution in [3.63, 3.8) is 0 Å². The predicted octanol–water partition coefficient (Wildman–Crippen LogP) is 7.05. The van der Waals surface area contributed by atoms with E-state index in [9.17, 15) is 0 Å². The van der Waals surface area contributed by atoms with Gasteiger partial charge in [0.05, 0.1) is 23.2 Å². The molecule has 0 atom stereocenters. The van der Waals surface area contributed by atoms with Gasteiger partial charge in [0.25, 0.3) is 0 Å². The van der Waals surface area contributed by atoms with Crippen molar-refractivity contribution in [2.45, 2.75) is 27.1 Å². The number of anilines is 1. The van der Waals surface area contributed by atoms with Gasteiger partial charge in [-0.3, -0.25) is 0 Å². The van der Waals surface area contributed by atoms with Gasteiger partial charge in [-0.1, -0.05) is 59.1 Å². The lowest BCUT2D eigenvalue weighted by Crippen LogP contribution is -2.10. The van der Waals surface area contributed by atoms with E-state index in [1.165, 1.54) is 0 Å². The van der Waals surface area contributed by atoms with E-state index in [-0.39, 0.29) is 6.61 Å². The number of aryl methyl sites for hydroxylation is 2. The molecule has 3 aromatic carbocycles. The SMILES string of the molecule is Cc1ccc(OCc2nn(CNc3ccc(Cl)cc3)c(=S)n2/N=C/c2c(C)nn(-c3ccccc3)c2Cl)cc1. The van der Waals surface area contributed by atoms with Crippen LogP contribution in [0.3, 0.4) is 0 Å². The number of aromatic nitrogens is 5. The molecule has 2 heterocycles. The number of para-hydroxylation sites is 1. The van der Waals surface area contributed by atoms with Crippen LogP contribution in [0.1, 0.15) is 22.6 Å². The van der Waals surface area contributed by atoms with Crippen LogP contribution in [0, 0.1) is 18.6 Å². The summed E-state index contributed by atoms with van der Waals surface area (Å²) in [6, 6.07) is 24.9. The second kappa shape index (κ2) is 11.9. The Morgan fingerprint density at radius 3 is 2.38 bits per heavy atom. The van der Waals surface area contributed by atoms with Crippen molar-refractivity contribution in [2.24, 2.45) is 5.10 Å². The Bertz CT molecular complexity index is 1660. The molecule has 0 saturated carbocycles. The summed E-state index contributed by atoms with van der Waals surface area (Å²) in [6.07, 6.45) is 1.65. The van der Waals surface area contributed by atoms with Gasteiger partial charge in [-0.05, 0) is 74.6 Å². The maximum atomic E-state index is 6.71. The lowest BCUT2D eigenvalue weighted by Gasteiger charge is -2.06. The Morgan fingerprint density at radius 2 is 1.67 bits per heavy atom. The lowest BCUT2D eigenvalue weighted by atomic mass is 10.2. The largest absolute Gasteiger partial charge is 0.486 e. The van der Waals surface area contributed by atoms with E-state index in [0.717, 1.165) is 28.4 Å². The van der Waals surface area contributed by atoms with Crippen molar-refractivity contribution in [3.8, 4) is 11.4 Å². The fourth-order valence-electron chi connectivity index (χ4n) is 3.78. The van der Waals surface area contributed by atoms with Gasteiger partial charge in [0, 0.05) is 10.7 Å². The Kier molecular flexibility index (Phi) is 8.11. The molecule has 0 bridgehead atoms. The standard InChI is InChI=1S/C28H25Cl2N7OS/c1-19-8-14-24(15-9-19)38-17-26-34-35(18-31-22-12-10-21(29)11-13-22)28(39)37(26)32-16-25-20(2)33-36(27(25)30)23-6-4-3-5-7-23/h3-16,31H,17-18H2,1-2H3/b32-16+. The van der Waals surface area contributed by atoms with Gasteiger partial charge >= 0.3 is 0 Å². The monoisotopic (exact) mass is 577 g/mol. The summed E-state index contributed by atoms with van der Waals surface area (Å²) in [5.41, 5.74) is 4.30. The Labute approximate surface area is 241 Å². The smallest absolute Gasteiger partial charge is 0.220 e. The molecule has 0 fully saturated rings. The molecule has 8 nitrogen and oxygen atoms in total. The van der Waals surface area contributed by atoms with Crippen molar-refractivity contribution in [3.05, 3.63) is 116 Å².